The zero-order chi connectivity index (χ0) is 18.5. The lowest BCUT2D eigenvalue weighted by molar-refractivity contribution is -0.137. The van der Waals surface area contributed by atoms with Gasteiger partial charge in [-0.25, -0.2) is 0 Å². The summed E-state index contributed by atoms with van der Waals surface area (Å²) in [5.41, 5.74) is 0.918. The predicted molar refractivity (Wildman–Crippen MR) is 87.2 cm³/mol. The number of carbonyl (C=O) groups is 1. The van der Waals surface area contributed by atoms with Crippen molar-refractivity contribution < 1.29 is 22.5 Å². The molecule has 1 amide bonds. The molecular weight excluding hydrogens is 345 g/mol. The maximum absolute atomic E-state index is 12.9. The third-order valence-electron chi connectivity index (χ3n) is 5.28. The third-order valence-corrected chi connectivity index (χ3v) is 5.28. The second kappa shape index (κ2) is 6.14. The summed E-state index contributed by atoms with van der Waals surface area (Å²) in [5, 5.41) is 3.90. The van der Waals surface area contributed by atoms with Crippen LogP contribution >= 0.6 is 0 Å². The molecule has 1 saturated carbocycles. The van der Waals surface area contributed by atoms with E-state index in [0.29, 0.717) is 18.7 Å². The van der Waals surface area contributed by atoms with Crippen molar-refractivity contribution in [3.8, 4) is 0 Å². The van der Waals surface area contributed by atoms with Crippen LogP contribution in [0.4, 0.5) is 13.2 Å². The number of carbonyl (C=O) groups excluding carboxylic acids is 1. The summed E-state index contributed by atoms with van der Waals surface area (Å²) in [6, 6.07) is 6.93. The zero-order valence-electron chi connectivity index (χ0n) is 14.3. The molecule has 138 valence electrons. The fourth-order valence-electron chi connectivity index (χ4n) is 3.84. The van der Waals surface area contributed by atoms with Crippen LogP contribution in [0.3, 0.4) is 0 Å². The van der Waals surface area contributed by atoms with Crippen molar-refractivity contribution in [2.75, 3.05) is 6.54 Å². The topological polar surface area (TPSA) is 46.3 Å². The van der Waals surface area contributed by atoms with Gasteiger partial charge in [-0.05, 0) is 49.8 Å². The van der Waals surface area contributed by atoms with E-state index in [1.54, 1.807) is 0 Å². The number of aromatic nitrogens is 1. The fourth-order valence-corrected chi connectivity index (χ4v) is 3.84. The monoisotopic (exact) mass is 364 g/mol. The van der Waals surface area contributed by atoms with Crippen LogP contribution in [-0.4, -0.2) is 22.5 Å². The van der Waals surface area contributed by atoms with Crippen LogP contribution in [0, 0.1) is 12.8 Å². The third kappa shape index (κ3) is 3.10. The van der Waals surface area contributed by atoms with Crippen LogP contribution in [0.15, 0.2) is 34.9 Å². The average molecular weight is 364 g/mol. The summed E-state index contributed by atoms with van der Waals surface area (Å²) >= 11 is 0. The van der Waals surface area contributed by atoms with Crippen molar-refractivity contribution >= 4 is 5.91 Å². The zero-order valence-corrected chi connectivity index (χ0v) is 14.3. The Morgan fingerprint density at radius 1 is 1.27 bits per heavy atom. The van der Waals surface area contributed by atoms with Crippen molar-refractivity contribution in [2.45, 2.75) is 44.3 Å². The molecule has 1 aromatic carbocycles. The van der Waals surface area contributed by atoms with E-state index in [4.69, 9.17) is 4.52 Å². The Morgan fingerprint density at radius 2 is 2.00 bits per heavy atom. The fraction of sp³-hybridized carbons (Fsp3) is 0.474. The van der Waals surface area contributed by atoms with Crippen LogP contribution in [0.2, 0.25) is 0 Å². The Morgan fingerprint density at radius 3 is 2.62 bits per heavy atom. The summed E-state index contributed by atoms with van der Waals surface area (Å²) < 4.78 is 43.4. The van der Waals surface area contributed by atoms with Crippen molar-refractivity contribution in [1.82, 2.24) is 10.1 Å². The molecule has 26 heavy (non-hydrogen) atoms. The van der Waals surface area contributed by atoms with Gasteiger partial charge in [0.1, 0.15) is 0 Å². The number of hydrogen-bond acceptors (Lipinski definition) is 3. The second-order valence-electron chi connectivity index (χ2n) is 7.13. The van der Waals surface area contributed by atoms with E-state index in [9.17, 15) is 18.0 Å². The number of alkyl halides is 3. The van der Waals surface area contributed by atoms with Crippen molar-refractivity contribution in [2.24, 2.45) is 5.92 Å². The van der Waals surface area contributed by atoms with E-state index < -0.39 is 11.7 Å². The van der Waals surface area contributed by atoms with Crippen LogP contribution in [-0.2, 0) is 11.0 Å². The number of rotatable bonds is 3. The molecule has 0 radical (unpaired) electrons. The molecule has 2 aliphatic rings. The first kappa shape index (κ1) is 17.1. The van der Waals surface area contributed by atoms with Gasteiger partial charge in [-0.3, -0.25) is 4.79 Å². The summed E-state index contributed by atoms with van der Waals surface area (Å²) in [6.07, 6.45) is -1.90. The molecule has 3 unspecified atom stereocenters. The molecule has 4 rings (SSSR count). The minimum absolute atomic E-state index is 0.00231. The van der Waals surface area contributed by atoms with Crippen molar-refractivity contribution in [3.05, 3.63) is 52.9 Å². The number of nitrogens with zero attached hydrogens (tertiary/aromatic N) is 2. The van der Waals surface area contributed by atoms with Crippen LogP contribution in [0.1, 0.15) is 53.8 Å². The van der Waals surface area contributed by atoms with Gasteiger partial charge in [0, 0.05) is 18.5 Å². The smallest absolute Gasteiger partial charge is 0.359 e. The average Bonchev–Trinajstić information content (AvgIpc) is 3.03. The normalized spacial score (nSPS) is 25.5. The largest absolute Gasteiger partial charge is 0.416 e. The van der Waals surface area contributed by atoms with Gasteiger partial charge in [0.2, 0.25) is 5.91 Å². The van der Waals surface area contributed by atoms with Gasteiger partial charge in [-0.15, -0.1) is 0 Å². The molecule has 0 bridgehead atoms. The number of aryl methyl sites for hydroxylation is 1. The highest BCUT2D eigenvalue weighted by atomic mass is 19.4. The van der Waals surface area contributed by atoms with E-state index in [1.165, 1.54) is 12.1 Å². The lowest BCUT2D eigenvalue weighted by Crippen LogP contribution is -2.32. The minimum Gasteiger partial charge on any atom is -0.359 e. The molecule has 4 nitrogen and oxygen atoms in total. The van der Waals surface area contributed by atoms with Gasteiger partial charge in [-0.1, -0.05) is 17.3 Å². The molecule has 1 saturated heterocycles. The highest BCUT2D eigenvalue weighted by Crippen LogP contribution is 2.50. The molecular formula is C19H19F3N2O2. The van der Waals surface area contributed by atoms with Gasteiger partial charge in [-0.2, -0.15) is 13.2 Å². The van der Waals surface area contributed by atoms with E-state index in [-0.39, 0.29) is 23.8 Å². The molecule has 2 aromatic rings. The predicted octanol–water partition coefficient (Wildman–Crippen LogP) is 4.47. The molecule has 0 N–H and O–H groups in total. The molecule has 0 spiro atoms. The Balaban J connectivity index is 1.45. The van der Waals surface area contributed by atoms with Crippen molar-refractivity contribution in [1.29, 1.82) is 0 Å². The first-order chi connectivity index (χ1) is 12.3. The van der Waals surface area contributed by atoms with Crippen LogP contribution < -0.4 is 0 Å². The summed E-state index contributed by atoms with van der Waals surface area (Å²) in [4.78, 5) is 14.7. The second-order valence-corrected chi connectivity index (χ2v) is 7.13. The number of hydrogen-bond donors (Lipinski definition) is 0. The first-order valence-electron chi connectivity index (χ1n) is 8.75. The Bertz CT molecular complexity index is 813. The SMILES string of the molecule is Cc1cc(C2CCCN2C(=O)C2CC2c2ccc(C(F)(F)F)cc2)on1. The molecule has 1 aliphatic carbocycles. The molecule has 7 heteroatoms. The van der Waals surface area contributed by atoms with Crippen LogP contribution in [0.5, 0.6) is 0 Å². The number of amides is 1. The molecule has 1 aromatic heterocycles. The van der Waals surface area contributed by atoms with E-state index in [0.717, 1.165) is 36.2 Å². The summed E-state index contributed by atoms with van der Waals surface area (Å²) in [6.45, 7) is 2.52. The maximum atomic E-state index is 12.9. The number of benzene rings is 1. The van der Waals surface area contributed by atoms with Gasteiger partial charge >= 0.3 is 6.18 Å². The van der Waals surface area contributed by atoms with Gasteiger partial charge in [0.15, 0.2) is 5.76 Å². The van der Waals surface area contributed by atoms with Gasteiger partial charge in [0.25, 0.3) is 0 Å². The highest BCUT2D eigenvalue weighted by Gasteiger charge is 2.48. The van der Waals surface area contributed by atoms with E-state index in [2.05, 4.69) is 5.16 Å². The maximum Gasteiger partial charge on any atom is 0.416 e. The van der Waals surface area contributed by atoms with Gasteiger partial charge in [0.05, 0.1) is 17.3 Å². The Kier molecular flexibility index (Phi) is 4.04. The summed E-state index contributed by atoms with van der Waals surface area (Å²) in [5.74, 6) is 0.616. The Labute approximate surface area is 149 Å². The lowest BCUT2D eigenvalue weighted by atomic mass is 10.1. The van der Waals surface area contributed by atoms with E-state index >= 15 is 0 Å². The lowest BCUT2D eigenvalue weighted by Gasteiger charge is -2.23. The van der Waals surface area contributed by atoms with Gasteiger partial charge < -0.3 is 9.42 Å². The minimum atomic E-state index is -4.34. The summed E-state index contributed by atoms with van der Waals surface area (Å²) in [7, 11) is 0. The number of halogens is 3. The molecule has 2 heterocycles. The Hall–Kier alpha value is -2.31. The van der Waals surface area contributed by atoms with E-state index in [1.807, 2.05) is 17.9 Å². The van der Waals surface area contributed by atoms with Crippen molar-refractivity contribution in [3.63, 3.8) is 0 Å². The van der Waals surface area contributed by atoms with Crippen LogP contribution in [0.25, 0.3) is 0 Å². The molecule has 1 aliphatic heterocycles. The highest BCUT2D eigenvalue weighted by molar-refractivity contribution is 5.83. The quantitative estimate of drug-likeness (QED) is 0.807. The molecule has 3 atom stereocenters. The molecule has 2 fully saturated rings. The number of likely N-dealkylation sites (tertiary alicyclic amines) is 1. The standard InChI is InChI=1S/C19H19F3N2O2/c1-11-9-17(26-23-11)16-3-2-8-24(16)18(25)15-10-14(15)12-4-6-13(7-5-12)19(20,21)22/h4-7,9,14-16H,2-3,8,10H2,1H3. The first-order valence-corrected chi connectivity index (χ1v) is 8.75.